The molecule has 0 radical (unpaired) electrons. The van der Waals surface area contributed by atoms with Crippen molar-refractivity contribution >= 4 is 11.7 Å². The number of aryl methyl sites for hydroxylation is 2. The average Bonchev–Trinajstić information content (AvgIpc) is 2.31. The van der Waals surface area contributed by atoms with E-state index in [9.17, 15) is 4.79 Å². The van der Waals surface area contributed by atoms with Crippen LogP contribution >= 0.6 is 0 Å². The molecule has 1 aliphatic heterocycles. The summed E-state index contributed by atoms with van der Waals surface area (Å²) in [4.78, 5) is 11.7. The average molecular weight is 249 g/mol. The maximum atomic E-state index is 11.7. The van der Waals surface area contributed by atoms with Gasteiger partial charge in [0.25, 0.3) is 0 Å². The number of carbonyl (C=O) groups is 1. The molecule has 4 heteroatoms. The maximum Gasteiger partial charge on any atom is 0.318 e. The second-order valence-corrected chi connectivity index (χ2v) is 4.94. The van der Waals surface area contributed by atoms with Gasteiger partial charge in [-0.3, -0.25) is 4.79 Å². The molecule has 0 spiro atoms. The van der Waals surface area contributed by atoms with Gasteiger partial charge in [0.1, 0.15) is 5.41 Å². The highest BCUT2D eigenvalue weighted by Gasteiger charge is 2.47. The Bertz CT molecular complexity index is 452. The van der Waals surface area contributed by atoms with Crippen LogP contribution in [0.15, 0.2) is 18.2 Å². The lowest BCUT2D eigenvalue weighted by atomic mass is 9.86. The number of anilines is 1. The summed E-state index contributed by atoms with van der Waals surface area (Å²) in [7, 11) is 1.42. The number of benzene rings is 1. The Kier molecular flexibility index (Phi) is 3.57. The molecule has 0 unspecified atom stereocenters. The molecule has 0 saturated carbocycles. The monoisotopic (exact) mass is 249 g/mol. The first-order valence-electron chi connectivity index (χ1n) is 6.05. The van der Waals surface area contributed by atoms with Crippen molar-refractivity contribution in [2.45, 2.75) is 13.8 Å². The van der Waals surface area contributed by atoms with Gasteiger partial charge in [-0.15, -0.1) is 0 Å². The number of hydrogen-bond acceptors (Lipinski definition) is 4. The van der Waals surface area contributed by atoms with Crippen molar-refractivity contribution in [2.24, 2.45) is 5.41 Å². The van der Waals surface area contributed by atoms with Gasteiger partial charge in [0, 0.05) is 12.2 Å². The van der Waals surface area contributed by atoms with Crippen molar-refractivity contribution in [3.63, 3.8) is 0 Å². The van der Waals surface area contributed by atoms with Crippen LogP contribution in [0.25, 0.3) is 0 Å². The zero-order chi connectivity index (χ0) is 13.2. The SMILES string of the molecule is COC(=O)C1(CNc2cc(C)ccc2C)COC1. The van der Waals surface area contributed by atoms with Gasteiger partial charge in [0.15, 0.2) is 0 Å². The minimum atomic E-state index is -0.523. The fourth-order valence-corrected chi connectivity index (χ4v) is 2.05. The fraction of sp³-hybridized carbons (Fsp3) is 0.500. The topological polar surface area (TPSA) is 47.6 Å². The van der Waals surface area contributed by atoms with E-state index in [0.29, 0.717) is 19.8 Å². The molecular formula is C14H19NO3. The maximum absolute atomic E-state index is 11.7. The van der Waals surface area contributed by atoms with Gasteiger partial charge in [-0.1, -0.05) is 12.1 Å². The van der Waals surface area contributed by atoms with E-state index in [-0.39, 0.29) is 5.97 Å². The van der Waals surface area contributed by atoms with E-state index in [1.54, 1.807) is 0 Å². The summed E-state index contributed by atoms with van der Waals surface area (Å²) in [5.41, 5.74) is 2.90. The van der Waals surface area contributed by atoms with Gasteiger partial charge in [-0.25, -0.2) is 0 Å². The van der Waals surface area contributed by atoms with E-state index in [1.807, 2.05) is 13.8 Å². The van der Waals surface area contributed by atoms with Crippen LogP contribution in [0.3, 0.4) is 0 Å². The number of ether oxygens (including phenoxy) is 2. The molecule has 2 rings (SSSR count). The molecule has 1 aliphatic rings. The van der Waals surface area contributed by atoms with Crippen LogP contribution in [0.2, 0.25) is 0 Å². The van der Waals surface area contributed by atoms with Gasteiger partial charge < -0.3 is 14.8 Å². The molecule has 98 valence electrons. The Hall–Kier alpha value is -1.55. The van der Waals surface area contributed by atoms with E-state index in [4.69, 9.17) is 9.47 Å². The van der Waals surface area contributed by atoms with Crippen LogP contribution in [0.5, 0.6) is 0 Å². The molecule has 0 aromatic heterocycles. The number of methoxy groups -OCH3 is 1. The molecule has 0 atom stereocenters. The Balaban J connectivity index is 2.06. The summed E-state index contributed by atoms with van der Waals surface area (Å²) >= 11 is 0. The highest BCUT2D eigenvalue weighted by atomic mass is 16.5. The Morgan fingerprint density at radius 2 is 2.17 bits per heavy atom. The predicted molar refractivity (Wildman–Crippen MR) is 69.7 cm³/mol. The summed E-state index contributed by atoms with van der Waals surface area (Å²) in [6, 6.07) is 6.22. The van der Waals surface area contributed by atoms with Gasteiger partial charge in [-0.2, -0.15) is 0 Å². The number of carbonyl (C=O) groups excluding carboxylic acids is 1. The van der Waals surface area contributed by atoms with E-state index in [2.05, 4.69) is 23.5 Å². The summed E-state index contributed by atoms with van der Waals surface area (Å²) in [5.74, 6) is -0.202. The van der Waals surface area contributed by atoms with E-state index in [0.717, 1.165) is 5.69 Å². The van der Waals surface area contributed by atoms with Crippen molar-refractivity contribution in [3.8, 4) is 0 Å². The van der Waals surface area contributed by atoms with Crippen molar-refractivity contribution in [3.05, 3.63) is 29.3 Å². The first-order chi connectivity index (χ1) is 8.57. The summed E-state index contributed by atoms with van der Waals surface area (Å²) < 4.78 is 10.0. The highest BCUT2D eigenvalue weighted by molar-refractivity contribution is 5.79. The number of nitrogens with one attached hydrogen (secondary N) is 1. The van der Waals surface area contributed by atoms with Crippen LogP contribution in [-0.4, -0.2) is 32.8 Å². The molecule has 0 bridgehead atoms. The molecule has 1 fully saturated rings. The molecule has 1 heterocycles. The Morgan fingerprint density at radius 1 is 1.44 bits per heavy atom. The fourth-order valence-electron chi connectivity index (χ4n) is 2.05. The summed E-state index contributed by atoms with van der Waals surface area (Å²) in [5, 5.41) is 3.33. The summed E-state index contributed by atoms with van der Waals surface area (Å²) in [6.45, 7) is 5.50. The van der Waals surface area contributed by atoms with E-state index < -0.39 is 5.41 Å². The second-order valence-electron chi connectivity index (χ2n) is 4.94. The Labute approximate surface area is 107 Å². The van der Waals surface area contributed by atoms with Crippen LogP contribution in [-0.2, 0) is 14.3 Å². The normalized spacial score (nSPS) is 16.8. The van der Waals surface area contributed by atoms with Crippen LogP contribution < -0.4 is 5.32 Å². The van der Waals surface area contributed by atoms with Crippen LogP contribution in [0.4, 0.5) is 5.69 Å². The lowest BCUT2D eigenvalue weighted by Crippen LogP contribution is -2.54. The third-order valence-electron chi connectivity index (χ3n) is 3.39. The van der Waals surface area contributed by atoms with Crippen LogP contribution in [0.1, 0.15) is 11.1 Å². The largest absolute Gasteiger partial charge is 0.468 e. The van der Waals surface area contributed by atoms with Crippen molar-refractivity contribution in [1.82, 2.24) is 0 Å². The first-order valence-corrected chi connectivity index (χ1v) is 6.05. The number of rotatable bonds is 4. The third-order valence-corrected chi connectivity index (χ3v) is 3.39. The molecule has 1 N–H and O–H groups in total. The van der Waals surface area contributed by atoms with Crippen LogP contribution in [0, 0.1) is 19.3 Å². The number of hydrogen-bond donors (Lipinski definition) is 1. The minimum Gasteiger partial charge on any atom is -0.468 e. The Morgan fingerprint density at radius 3 is 2.72 bits per heavy atom. The zero-order valence-corrected chi connectivity index (χ0v) is 11.1. The van der Waals surface area contributed by atoms with Gasteiger partial charge in [0.2, 0.25) is 0 Å². The minimum absolute atomic E-state index is 0.202. The standard InChI is InChI=1S/C14H19NO3/c1-10-4-5-11(2)12(6-10)15-7-14(8-18-9-14)13(16)17-3/h4-6,15H,7-9H2,1-3H3. The quantitative estimate of drug-likeness (QED) is 0.828. The lowest BCUT2D eigenvalue weighted by Gasteiger charge is -2.38. The molecule has 4 nitrogen and oxygen atoms in total. The van der Waals surface area contributed by atoms with Gasteiger partial charge >= 0.3 is 5.97 Å². The molecule has 0 amide bonds. The number of esters is 1. The summed E-state index contributed by atoms with van der Waals surface area (Å²) in [6.07, 6.45) is 0. The first kappa shape index (κ1) is 12.9. The zero-order valence-electron chi connectivity index (χ0n) is 11.1. The smallest absolute Gasteiger partial charge is 0.318 e. The van der Waals surface area contributed by atoms with Crippen molar-refractivity contribution in [2.75, 3.05) is 32.2 Å². The van der Waals surface area contributed by atoms with Gasteiger partial charge in [-0.05, 0) is 31.0 Å². The molecule has 0 aliphatic carbocycles. The third kappa shape index (κ3) is 2.34. The second kappa shape index (κ2) is 4.98. The predicted octanol–water partition coefficient (Wildman–Crippen LogP) is 1.90. The molecule has 1 saturated heterocycles. The highest BCUT2D eigenvalue weighted by Crippen LogP contribution is 2.30. The van der Waals surface area contributed by atoms with Crippen molar-refractivity contribution < 1.29 is 14.3 Å². The van der Waals surface area contributed by atoms with E-state index >= 15 is 0 Å². The molecular weight excluding hydrogens is 230 g/mol. The molecule has 18 heavy (non-hydrogen) atoms. The van der Waals surface area contributed by atoms with E-state index in [1.165, 1.54) is 18.2 Å². The van der Waals surface area contributed by atoms with Crippen molar-refractivity contribution in [1.29, 1.82) is 0 Å². The van der Waals surface area contributed by atoms with Gasteiger partial charge in [0.05, 0.1) is 20.3 Å². The molecule has 1 aromatic carbocycles. The molecule has 1 aromatic rings. The lowest BCUT2D eigenvalue weighted by molar-refractivity contribution is -0.180.